The Morgan fingerprint density at radius 1 is 0.615 bits per heavy atom. The van der Waals surface area contributed by atoms with Gasteiger partial charge >= 0.3 is 0 Å². The lowest BCUT2D eigenvalue weighted by atomic mass is 10.1. The molecule has 2 aliphatic heterocycles. The zero-order valence-corrected chi connectivity index (χ0v) is 13.3. The van der Waals surface area contributed by atoms with Crippen molar-refractivity contribution >= 4 is 44.0 Å². The number of para-hydroxylation sites is 2. The minimum Gasteiger partial charge on any atom is -0.423 e. The van der Waals surface area contributed by atoms with E-state index < -0.39 is 11.1 Å². The van der Waals surface area contributed by atoms with Crippen LogP contribution in [0.15, 0.2) is 62.5 Å². The number of aromatic nitrogens is 3. The van der Waals surface area contributed by atoms with E-state index in [9.17, 15) is 9.59 Å². The molecule has 3 N–H and O–H groups in total. The van der Waals surface area contributed by atoms with Crippen LogP contribution in [0.2, 0.25) is 0 Å². The van der Waals surface area contributed by atoms with Crippen LogP contribution in [0.4, 0.5) is 0 Å². The highest BCUT2D eigenvalue weighted by atomic mass is 16.3. The minimum absolute atomic E-state index is 0.353. The number of H-pyrrole nitrogens is 3. The van der Waals surface area contributed by atoms with Crippen molar-refractivity contribution in [2.75, 3.05) is 0 Å². The van der Waals surface area contributed by atoms with Crippen LogP contribution in [0.1, 0.15) is 0 Å². The van der Waals surface area contributed by atoms with Gasteiger partial charge in [-0.1, -0.05) is 36.4 Å². The molecule has 0 amide bonds. The Morgan fingerprint density at radius 3 is 1.58 bits per heavy atom. The fourth-order valence-corrected chi connectivity index (χ4v) is 3.92. The van der Waals surface area contributed by atoms with Gasteiger partial charge < -0.3 is 14.4 Å². The molecule has 6 rings (SSSR count). The van der Waals surface area contributed by atoms with Crippen molar-refractivity contribution in [3.05, 3.63) is 79.7 Å². The molecule has 0 radical (unpaired) electrons. The standard InChI is InChI=1S/C20H11N3O3/c24-17-15-13-9-5-1-3-7-11(9)21-19(13)26-20-14(16(15)18(25)23-17)10-6-2-4-8-12(10)22-20/h1-8,21-22H,(H,23,24,25). The first-order chi connectivity index (χ1) is 12.7. The van der Waals surface area contributed by atoms with Crippen molar-refractivity contribution in [1.82, 2.24) is 15.0 Å². The third-order valence-corrected chi connectivity index (χ3v) is 4.98. The summed E-state index contributed by atoms with van der Waals surface area (Å²) in [5.41, 5.74) is 1.78. The first kappa shape index (κ1) is 13.5. The van der Waals surface area contributed by atoms with E-state index in [2.05, 4.69) is 15.0 Å². The van der Waals surface area contributed by atoms with Gasteiger partial charge in [-0.2, -0.15) is 0 Å². The maximum Gasteiger partial charge on any atom is 0.259 e. The van der Waals surface area contributed by atoms with Gasteiger partial charge in [-0.3, -0.25) is 14.6 Å². The monoisotopic (exact) mass is 341 g/mol. The molecule has 0 saturated carbocycles. The van der Waals surface area contributed by atoms with E-state index in [1.165, 1.54) is 0 Å². The van der Waals surface area contributed by atoms with Crippen molar-refractivity contribution in [2.24, 2.45) is 0 Å². The van der Waals surface area contributed by atoms with Gasteiger partial charge in [0.05, 0.1) is 21.2 Å². The van der Waals surface area contributed by atoms with Crippen molar-refractivity contribution in [3.63, 3.8) is 0 Å². The highest BCUT2D eigenvalue weighted by Crippen LogP contribution is 2.31. The molecule has 2 aliphatic rings. The Hall–Kier alpha value is -3.80. The number of rotatable bonds is 0. The predicted octanol–water partition coefficient (Wildman–Crippen LogP) is 3.32. The Bertz CT molecular complexity index is 1560. The summed E-state index contributed by atoms with van der Waals surface area (Å²) >= 11 is 0. The molecule has 4 aromatic rings. The van der Waals surface area contributed by atoms with E-state index in [0.717, 1.165) is 21.8 Å². The third kappa shape index (κ3) is 1.51. The third-order valence-electron chi connectivity index (χ3n) is 4.98. The minimum atomic E-state index is -0.405. The van der Waals surface area contributed by atoms with E-state index in [1.54, 1.807) is 0 Å². The summed E-state index contributed by atoms with van der Waals surface area (Å²) < 4.78 is 6.12. The topological polar surface area (TPSA) is 94.7 Å². The fourth-order valence-electron chi connectivity index (χ4n) is 3.92. The second-order valence-corrected chi connectivity index (χ2v) is 6.38. The predicted molar refractivity (Wildman–Crippen MR) is 99.6 cm³/mol. The van der Waals surface area contributed by atoms with Gasteiger partial charge in [0.2, 0.25) is 11.4 Å². The van der Waals surface area contributed by atoms with E-state index in [4.69, 9.17) is 4.42 Å². The number of aromatic amines is 3. The molecule has 2 aromatic carbocycles. The second-order valence-electron chi connectivity index (χ2n) is 6.38. The Morgan fingerprint density at radius 2 is 1.08 bits per heavy atom. The van der Waals surface area contributed by atoms with Gasteiger partial charge in [0.25, 0.3) is 11.1 Å². The smallest absolute Gasteiger partial charge is 0.259 e. The van der Waals surface area contributed by atoms with Crippen LogP contribution in [0.25, 0.3) is 44.0 Å². The van der Waals surface area contributed by atoms with E-state index >= 15 is 0 Å². The lowest BCUT2D eigenvalue weighted by Gasteiger charge is -1.88. The first-order valence-corrected chi connectivity index (χ1v) is 8.22. The molecule has 0 spiro atoms. The summed E-state index contributed by atoms with van der Waals surface area (Å²) in [4.78, 5) is 34.2. The summed E-state index contributed by atoms with van der Waals surface area (Å²) in [5.74, 6) is 0. The van der Waals surface area contributed by atoms with Gasteiger partial charge in [0, 0.05) is 21.8 Å². The number of hydrogen-bond acceptors (Lipinski definition) is 3. The van der Waals surface area contributed by atoms with Crippen LogP contribution >= 0.6 is 0 Å². The molecular formula is C20H11N3O3. The fraction of sp³-hybridized carbons (Fsp3) is 0. The molecule has 0 saturated heterocycles. The molecule has 0 bridgehead atoms. The average Bonchev–Trinajstić information content (AvgIpc) is 3.23. The average molecular weight is 341 g/mol. The van der Waals surface area contributed by atoms with Crippen LogP contribution in [-0.4, -0.2) is 15.0 Å². The molecule has 124 valence electrons. The number of hydrogen-bond donors (Lipinski definition) is 3. The summed E-state index contributed by atoms with van der Waals surface area (Å²) in [6.07, 6.45) is 0. The van der Waals surface area contributed by atoms with E-state index in [0.29, 0.717) is 32.6 Å². The summed E-state index contributed by atoms with van der Waals surface area (Å²) in [7, 11) is 0. The van der Waals surface area contributed by atoms with E-state index in [-0.39, 0.29) is 0 Å². The van der Waals surface area contributed by atoms with Crippen LogP contribution in [-0.2, 0) is 0 Å². The SMILES string of the molecule is O=c1[nH]c(=O)c2c3c([nH]c4ccccc43)oc3[nH]c4ccccc4c3c1=2. The van der Waals surface area contributed by atoms with Crippen molar-refractivity contribution in [1.29, 1.82) is 0 Å². The van der Waals surface area contributed by atoms with Gasteiger partial charge in [0.1, 0.15) is 0 Å². The molecule has 0 fully saturated rings. The summed E-state index contributed by atoms with van der Waals surface area (Å²) in [5, 5.41) is 3.63. The Kier molecular flexibility index (Phi) is 2.30. The Balaban J connectivity index is 2.15. The van der Waals surface area contributed by atoms with Crippen molar-refractivity contribution < 1.29 is 4.42 Å². The normalized spacial score (nSPS) is 12.2. The maximum atomic E-state index is 12.7. The summed E-state index contributed by atoms with van der Waals surface area (Å²) in [6, 6.07) is 15.2. The highest BCUT2D eigenvalue weighted by Gasteiger charge is 2.17. The van der Waals surface area contributed by atoms with Crippen molar-refractivity contribution in [3.8, 4) is 0 Å². The van der Waals surface area contributed by atoms with Crippen molar-refractivity contribution in [2.45, 2.75) is 0 Å². The Labute approximate surface area is 143 Å². The first-order valence-electron chi connectivity index (χ1n) is 8.22. The molecule has 26 heavy (non-hydrogen) atoms. The van der Waals surface area contributed by atoms with Gasteiger partial charge in [-0.25, -0.2) is 0 Å². The lowest BCUT2D eigenvalue weighted by molar-refractivity contribution is 0.640. The zero-order chi connectivity index (χ0) is 17.4. The number of fused-ring (bicyclic) bond motifs is 8. The molecule has 4 heterocycles. The largest absolute Gasteiger partial charge is 0.423 e. The number of benzene rings is 2. The molecule has 0 atom stereocenters. The van der Waals surface area contributed by atoms with Gasteiger partial charge in [0.15, 0.2) is 0 Å². The lowest BCUT2D eigenvalue weighted by Crippen LogP contribution is -2.07. The molecule has 0 aliphatic carbocycles. The highest BCUT2D eigenvalue weighted by molar-refractivity contribution is 6.09. The van der Waals surface area contributed by atoms with Crippen LogP contribution < -0.4 is 11.1 Å². The maximum absolute atomic E-state index is 12.7. The van der Waals surface area contributed by atoms with Gasteiger partial charge in [-0.05, 0) is 12.1 Å². The second kappa shape index (κ2) is 4.43. The van der Waals surface area contributed by atoms with Gasteiger partial charge in [-0.15, -0.1) is 0 Å². The molecule has 6 nitrogen and oxygen atoms in total. The molecule has 2 aromatic heterocycles. The molecule has 0 unspecified atom stereocenters. The van der Waals surface area contributed by atoms with Crippen LogP contribution in [0, 0.1) is 10.4 Å². The summed E-state index contributed by atoms with van der Waals surface area (Å²) in [6.45, 7) is 0. The van der Waals surface area contributed by atoms with Crippen LogP contribution in [0.5, 0.6) is 0 Å². The molecular weight excluding hydrogens is 330 g/mol. The molecule has 6 heteroatoms. The quantitative estimate of drug-likeness (QED) is 0.395. The zero-order valence-electron chi connectivity index (χ0n) is 13.3. The number of nitrogens with one attached hydrogen (secondary N) is 3. The van der Waals surface area contributed by atoms with Crippen LogP contribution in [0.3, 0.4) is 0 Å². The van der Waals surface area contributed by atoms with E-state index in [1.807, 2.05) is 48.5 Å².